The van der Waals surface area contributed by atoms with Gasteiger partial charge in [0, 0.05) is 30.5 Å². The van der Waals surface area contributed by atoms with Crippen LogP contribution in [0, 0.1) is 0 Å². The summed E-state index contributed by atoms with van der Waals surface area (Å²) in [6, 6.07) is 9.17. The maximum Gasteiger partial charge on any atom is 0.251 e. The molecule has 1 saturated heterocycles. The van der Waals surface area contributed by atoms with Crippen LogP contribution in [0.4, 0.5) is 0 Å². The number of benzene rings is 1. The Morgan fingerprint density at radius 1 is 1.27 bits per heavy atom. The molecule has 26 heavy (non-hydrogen) atoms. The van der Waals surface area contributed by atoms with E-state index in [9.17, 15) is 4.79 Å². The second kappa shape index (κ2) is 7.01. The molecule has 1 fully saturated rings. The summed E-state index contributed by atoms with van der Waals surface area (Å²) in [6.07, 6.45) is 5.48. The topological polar surface area (TPSA) is 97.0 Å². The first kappa shape index (κ1) is 16.3. The molecule has 0 bridgehead atoms. The van der Waals surface area contributed by atoms with Crippen molar-refractivity contribution in [2.45, 2.75) is 18.5 Å². The van der Waals surface area contributed by atoms with Crippen molar-refractivity contribution in [3.05, 3.63) is 60.4 Å². The fourth-order valence-corrected chi connectivity index (χ4v) is 3.14. The van der Waals surface area contributed by atoms with E-state index < -0.39 is 0 Å². The summed E-state index contributed by atoms with van der Waals surface area (Å²) in [5.41, 5.74) is 1.22. The molecule has 1 aliphatic rings. The maximum atomic E-state index is 12.3. The molecule has 1 amide bonds. The number of nitrogens with zero attached hydrogens (tertiary/aromatic N) is 5. The van der Waals surface area contributed by atoms with E-state index in [1.54, 1.807) is 30.7 Å². The number of likely N-dealkylation sites (tertiary alicyclic amines) is 1. The number of nitrogens with one attached hydrogen (secondary N) is 1. The van der Waals surface area contributed by atoms with Crippen molar-refractivity contribution < 1.29 is 9.32 Å². The molecule has 3 aromatic rings. The van der Waals surface area contributed by atoms with Crippen molar-refractivity contribution in [2.75, 3.05) is 13.6 Å². The predicted molar refractivity (Wildman–Crippen MR) is 93.0 cm³/mol. The first-order valence-electron chi connectivity index (χ1n) is 8.37. The number of carbonyl (C=O) groups excluding carboxylic acids is 1. The summed E-state index contributed by atoms with van der Waals surface area (Å²) in [7, 11) is 1.98. The van der Waals surface area contributed by atoms with Crippen LogP contribution >= 0.6 is 0 Å². The van der Waals surface area contributed by atoms with Gasteiger partial charge in [-0.1, -0.05) is 23.4 Å². The van der Waals surface area contributed by atoms with E-state index in [2.05, 4.69) is 30.3 Å². The molecule has 8 nitrogen and oxygen atoms in total. The summed E-state index contributed by atoms with van der Waals surface area (Å²) in [5.74, 6) is 0.860. The van der Waals surface area contributed by atoms with Crippen LogP contribution in [-0.4, -0.2) is 50.5 Å². The van der Waals surface area contributed by atoms with Crippen molar-refractivity contribution in [3.63, 3.8) is 0 Å². The third-order valence-corrected chi connectivity index (χ3v) is 4.44. The Balaban J connectivity index is 1.44. The van der Waals surface area contributed by atoms with Gasteiger partial charge in [0.1, 0.15) is 5.69 Å². The van der Waals surface area contributed by atoms with Gasteiger partial charge in [-0.3, -0.25) is 14.7 Å². The van der Waals surface area contributed by atoms with Gasteiger partial charge in [0.15, 0.2) is 0 Å². The Bertz CT molecular complexity index is 883. The highest BCUT2D eigenvalue weighted by atomic mass is 16.5. The van der Waals surface area contributed by atoms with E-state index in [4.69, 9.17) is 4.52 Å². The Labute approximate surface area is 150 Å². The predicted octanol–water partition coefficient (Wildman–Crippen LogP) is 1.70. The van der Waals surface area contributed by atoms with Gasteiger partial charge in [-0.05, 0) is 25.6 Å². The SMILES string of the molecule is CN1CC(NC(=O)c2ccccc2)CC1c1nc(-c2cnccn2)no1. The number of aromatic nitrogens is 4. The lowest BCUT2D eigenvalue weighted by molar-refractivity contribution is 0.0938. The molecule has 2 aromatic heterocycles. The van der Waals surface area contributed by atoms with E-state index in [0.717, 1.165) is 0 Å². The molecule has 0 spiro atoms. The Morgan fingerprint density at radius 2 is 2.12 bits per heavy atom. The molecule has 2 atom stereocenters. The van der Waals surface area contributed by atoms with Crippen molar-refractivity contribution in [3.8, 4) is 11.5 Å². The maximum absolute atomic E-state index is 12.3. The summed E-state index contributed by atoms with van der Waals surface area (Å²) >= 11 is 0. The lowest BCUT2D eigenvalue weighted by atomic mass is 10.1. The number of carbonyl (C=O) groups is 1. The van der Waals surface area contributed by atoms with Crippen LogP contribution in [-0.2, 0) is 0 Å². The number of likely N-dealkylation sites (N-methyl/N-ethyl adjacent to an activating group) is 1. The molecule has 132 valence electrons. The summed E-state index contributed by atoms with van der Waals surface area (Å²) in [4.78, 5) is 27.1. The van der Waals surface area contributed by atoms with Gasteiger partial charge in [-0.2, -0.15) is 4.98 Å². The van der Waals surface area contributed by atoms with E-state index in [1.165, 1.54) is 0 Å². The second-order valence-electron chi connectivity index (χ2n) is 6.27. The van der Waals surface area contributed by atoms with E-state index in [0.29, 0.717) is 35.9 Å². The molecule has 0 aliphatic carbocycles. The smallest absolute Gasteiger partial charge is 0.251 e. The van der Waals surface area contributed by atoms with Gasteiger partial charge in [-0.15, -0.1) is 0 Å². The quantitative estimate of drug-likeness (QED) is 0.765. The van der Waals surface area contributed by atoms with E-state index in [1.807, 2.05) is 25.2 Å². The summed E-state index contributed by atoms with van der Waals surface area (Å²) < 4.78 is 5.43. The van der Waals surface area contributed by atoms with Crippen LogP contribution in [0.5, 0.6) is 0 Å². The molecule has 4 rings (SSSR count). The molecular formula is C18H18N6O2. The van der Waals surface area contributed by atoms with Gasteiger partial charge in [0.2, 0.25) is 11.7 Å². The molecule has 0 saturated carbocycles. The zero-order valence-electron chi connectivity index (χ0n) is 14.2. The highest BCUT2D eigenvalue weighted by Gasteiger charge is 2.35. The van der Waals surface area contributed by atoms with E-state index in [-0.39, 0.29) is 18.0 Å². The van der Waals surface area contributed by atoms with Crippen LogP contribution in [0.3, 0.4) is 0 Å². The van der Waals surface area contributed by atoms with Gasteiger partial charge >= 0.3 is 0 Å². The summed E-state index contributed by atoms with van der Waals surface area (Å²) in [5, 5.41) is 7.07. The Morgan fingerprint density at radius 3 is 2.88 bits per heavy atom. The lowest BCUT2D eigenvalue weighted by Gasteiger charge is -2.14. The molecule has 8 heteroatoms. The first-order chi connectivity index (χ1) is 12.7. The molecule has 1 N–H and O–H groups in total. The molecule has 1 aromatic carbocycles. The van der Waals surface area contributed by atoms with Crippen molar-refractivity contribution in [1.29, 1.82) is 0 Å². The zero-order valence-corrected chi connectivity index (χ0v) is 14.2. The molecule has 3 heterocycles. The van der Waals surface area contributed by atoms with E-state index >= 15 is 0 Å². The van der Waals surface area contributed by atoms with Crippen LogP contribution in [0.2, 0.25) is 0 Å². The standard InChI is InChI=1S/C18H18N6O2/c1-24-11-13(21-17(25)12-5-3-2-4-6-12)9-15(24)18-22-16(23-26-18)14-10-19-7-8-20-14/h2-8,10,13,15H,9,11H2,1H3,(H,21,25). The van der Waals surface area contributed by atoms with Gasteiger partial charge in [0.25, 0.3) is 5.91 Å². The number of amides is 1. The van der Waals surface area contributed by atoms with Crippen LogP contribution in [0.15, 0.2) is 53.4 Å². The molecule has 0 radical (unpaired) electrons. The molecule has 2 unspecified atom stereocenters. The van der Waals surface area contributed by atoms with Crippen LogP contribution in [0.1, 0.15) is 28.7 Å². The monoisotopic (exact) mass is 350 g/mol. The highest BCUT2D eigenvalue weighted by molar-refractivity contribution is 5.94. The minimum absolute atomic E-state index is 0.0181. The molecule has 1 aliphatic heterocycles. The largest absolute Gasteiger partial charge is 0.348 e. The van der Waals surface area contributed by atoms with Gasteiger partial charge in [-0.25, -0.2) is 4.98 Å². The van der Waals surface area contributed by atoms with Crippen molar-refractivity contribution >= 4 is 5.91 Å². The first-order valence-corrected chi connectivity index (χ1v) is 8.37. The Kier molecular flexibility index (Phi) is 4.40. The Hall–Kier alpha value is -3.13. The normalized spacial score (nSPS) is 20.2. The average Bonchev–Trinajstić information content (AvgIpc) is 3.30. The summed E-state index contributed by atoms with van der Waals surface area (Å²) in [6.45, 7) is 0.714. The van der Waals surface area contributed by atoms with Crippen molar-refractivity contribution in [1.82, 2.24) is 30.3 Å². The van der Waals surface area contributed by atoms with Gasteiger partial charge < -0.3 is 9.84 Å². The highest BCUT2D eigenvalue weighted by Crippen LogP contribution is 2.30. The number of hydrogen-bond acceptors (Lipinski definition) is 7. The third-order valence-electron chi connectivity index (χ3n) is 4.44. The fourth-order valence-electron chi connectivity index (χ4n) is 3.14. The van der Waals surface area contributed by atoms with Crippen molar-refractivity contribution in [2.24, 2.45) is 0 Å². The van der Waals surface area contributed by atoms with Crippen LogP contribution in [0.25, 0.3) is 11.5 Å². The minimum Gasteiger partial charge on any atom is -0.348 e. The zero-order chi connectivity index (χ0) is 17.9. The average molecular weight is 350 g/mol. The number of hydrogen-bond donors (Lipinski definition) is 1. The second-order valence-corrected chi connectivity index (χ2v) is 6.27. The minimum atomic E-state index is -0.0737. The van der Waals surface area contributed by atoms with Crippen LogP contribution < -0.4 is 5.32 Å². The molecular weight excluding hydrogens is 332 g/mol. The van der Waals surface area contributed by atoms with Gasteiger partial charge in [0.05, 0.1) is 12.2 Å². The third kappa shape index (κ3) is 3.31. The lowest BCUT2D eigenvalue weighted by Crippen LogP contribution is -2.36. The fraction of sp³-hybridized carbons (Fsp3) is 0.278. The number of rotatable bonds is 4.